The Balaban J connectivity index is 1.50. The minimum absolute atomic E-state index is 0.00370. The molecule has 29 heavy (non-hydrogen) atoms. The molecule has 0 radical (unpaired) electrons. The van der Waals surface area contributed by atoms with Crippen LogP contribution in [-0.4, -0.2) is 54.5 Å². The van der Waals surface area contributed by atoms with Crippen LogP contribution in [0.15, 0.2) is 24.3 Å². The molecule has 4 amide bonds. The number of imide groups is 1. The number of urea groups is 1. The van der Waals surface area contributed by atoms with Gasteiger partial charge in [-0.15, -0.1) is 0 Å². The lowest BCUT2D eigenvalue weighted by atomic mass is 9.73. The summed E-state index contributed by atoms with van der Waals surface area (Å²) in [5.74, 6) is -1.09. The molecule has 2 atom stereocenters. The predicted octanol–water partition coefficient (Wildman–Crippen LogP) is 1.68. The second-order valence-electron chi connectivity index (χ2n) is 7.38. The highest BCUT2D eigenvalue weighted by atomic mass is 16.5. The SMILES string of the molecule is COc1ccc(NC(=O)COC(=O)CN2C(=O)N[C@]3(CCCC[C@@H]3C)C2=O)cc1. The summed E-state index contributed by atoms with van der Waals surface area (Å²) in [5, 5.41) is 5.35. The number of nitrogens with zero attached hydrogens (tertiary/aromatic N) is 1. The molecule has 9 nitrogen and oxygen atoms in total. The van der Waals surface area contributed by atoms with Crippen molar-refractivity contribution in [3.8, 4) is 5.75 Å². The van der Waals surface area contributed by atoms with Crippen LogP contribution >= 0.6 is 0 Å². The number of ether oxygens (including phenoxy) is 2. The second-order valence-corrected chi connectivity index (χ2v) is 7.38. The van der Waals surface area contributed by atoms with Gasteiger partial charge in [0.05, 0.1) is 7.11 Å². The topological polar surface area (TPSA) is 114 Å². The van der Waals surface area contributed by atoms with Gasteiger partial charge in [0.25, 0.3) is 11.8 Å². The van der Waals surface area contributed by atoms with Gasteiger partial charge in [-0.05, 0) is 43.0 Å². The molecule has 2 aliphatic rings. The van der Waals surface area contributed by atoms with E-state index >= 15 is 0 Å². The minimum atomic E-state index is -0.929. The zero-order valence-electron chi connectivity index (χ0n) is 16.5. The molecule has 2 fully saturated rings. The van der Waals surface area contributed by atoms with Crippen LogP contribution in [0.2, 0.25) is 0 Å². The molecule has 0 bridgehead atoms. The smallest absolute Gasteiger partial charge is 0.326 e. The van der Waals surface area contributed by atoms with Gasteiger partial charge in [-0.2, -0.15) is 0 Å². The number of amides is 4. The fourth-order valence-electron chi connectivity index (χ4n) is 3.83. The highest BCUT2D eigenvalue weighted by Gasteiger charge is 2.55. The van der Waals surface area contributed by atoms with Crippen LogP contribution in [-0.2, 0) is 19.1 Å². The first-order valence-corrected chi connectivity index (χ1v) is 9.59. The molecule has 1 spiro atoms. The maximum atomic E-state index is 12.8. The van der Waals surface area contributed by atoms with Crippen LogP contribution in [0.1, 0.15) is 32.6 Å². The van der Waals surface area contributed by atoms with Crippen molar-refractivity contribution in [1.29, 1.82) is 0 Å². The summed E-state index contributed by atoms with van der Waals surface area (Å²) in [6.07, 6.45) is 3.27. The van der Waals surface area contributed by atoms with Crippen molar-refractivity contribution in [1.82, 2.24) is 10.2 Å². The van der Waals surface area contributed by atoms with Crippen molar-refractivity contribution >= 4 is 29.5 Å². The van der Waals surface area contributed by atoms with Crippen LogP contribution in [0.25, 0.3) is 0 Å². The largest absolute Gasteiger partial charge is 0.497 e. The van der Waals surface area contributed by atoms with Gasteiger partial charge in [-0.1, -0.05) is 19.8 Å². The molecule has 0 aromatic heterocycles. The Labute approximate surface area is 168 Å². The van der Waals surface area contributed by atoms with Gasteiger partial charge in [-0.3, -0.25) is 19.3 Å². The first-order chi connectivity index (χ1) is 13.9. The molecule has 2 N–H and O–H groups in total. The number of methoxy groups -OCH3 is 1. The third-order valence-electron chi connectivity index (χ3n) is 5.53. The Morgan fingerprint density at radius 1 is 1.24 bits per heavy atom. The molecule has 9 heteroatoms. The number of anilines is 1. The van der Waals surface area contributed by atoms with Gasteiger partial charge >= 0.3 is 12.0 Å². The Hall–Kier alpha value is -3.10. The lowest BCUT2D eigenvalue weighted by Crippen LogP contribution is -2.54. The fourth-order valence-corrected chi connectivity index (χ4v) is 3.83. The van der Waals surface area contributed by atoms with Crippen LogP contribution < -0.4 is 15.4 Å². The molecule has 1 aliphatic carbocycles. The normalized spacial score (nSPS) is 23.7. The monoisotopic (exact) mass is 403 g/mol. The van der Waals surface area contributed by atoms with E-state index in [9.17, 15) is 19.2 Å². The fraction of sp³-hybridized carbons (Fsp3) is 0.500. The van der Waals surface area contributed by atoms with E-state index in [1.165, 1.54) is 7.11 Å². The maximum absolute atomic E-state index is 12.8. The van der Waals surface area contributed by atoms with Crippen molar-refractivity contribution in [3.63, 3.8) is 0 Å². The van der Waals surface area contributed by atoms with E-state index in [0.717, 1.165) is 24.2 Å². The lowest BCUT2D eigenvalue weighted by molar-refractivity contribution is -0.150. The van der Waals surface area contributed by atoms with E-state index in [-0.39, 0.29) is 5.92 Å². The average molecular weight is 403 g/mol. The van der Waals surface area contributed by atoms with Crippen molar-refractivity contribution in [2.24, 2.45) is 5.92 Å². The van der Waals surface area contributed by atoms with E-state index < -0.39 is 42.5 Å². The standard InChI is InChI=1S/C20H25N3O6/c1-13-5-3-4-10-20(13)18(26)23(19(27)22-20)11-17(25)29-12-16(24)21-14-6-8-15(28-2)9-7-14/h6-9,13H,3-5,10-12H2,1-2H3,(H,21,24)(H,22,27)/t13-,20-/m0/s1. The molecule has 1 aliphatic heterocycles. The predicted molar refractivity (Wildman–Crippen MR) is 103 cm³/mol. The Kier molecular flexibility index (Phi) is 6.05. The van der Waals surface area contributed by atoms with Gasteiger partial charge in [-0.25, -0.2) is 4.79 Å². The van der Waals surface area contributed by atoms with E-state index in [0.29, 0.717) is 17.9 Å². The molecular weight excluding hydrogens is 378 g/mol. The number of hydrogen-bond acceptors (Lipinski definition) is 6. The van der Waals surface area contributed by atoms with Gasteiger partial charge in [0.2, 0.25) is 0 Å². The van der Waals surface area contributed by atoms with E-state index in [4.69, 9.17) is 9.47 Å². The highest BCUT2D eigenvalue weighted by Crippen LogP contribution is 2.38. The molecular formula is C20H25N3O6. The quantitative estimate of drug-likeness (QED) is 0.552. The number of carbonyl (C=O) groups excluding carboxylic acids is 4. The Morgan fingerprint density at radius 3 is 2.62 bits per heavy atom. The molecule has 0 unspecified atom stereocenters. The minimum Gasteiger partial charge on any atom is -0.497 e. The maximum Gasteiger partial charge on any atom is 0.326 e. The Bertz CT molecular complexity index is 809. The van der Waals surface area contributed by atoms with Crippen molar-refractivity contribution < 1.29 is 28.7 Å². The average Bonchev–Trinajstić information content (AvgIpc) is 2.94. The summed E-state index contributed by atoms with van der Waals surface area (Å²) in [7, 11) is 1.54. The van der Waals surface area contributed by atoms with Gasteiger partial charge < -0.3 is 20.1 Å². The van der Waals surface area contributed by atoms with Crippen LogP contribution in [0, 0.1) is 5.92 Å². The lowest BCUT2D eigenvalue weighted by Gasteiger charge is -2.36. The van der Waals surface area contributed by atoms with E-state index in [1.807, 2.05) is 6.92 Å². The molecule has 1 heterocycles. The highest BCUT2D eigenvalue weighted by molar-refractivity contribution is 6.09. The Morgan fingerprint density at radius 2 is 1.97 bits per heavy atom. The van der Waals surface area contributed by atoms with Gasteiger partial charge in [0, 0.05) is 5.69 Å². The summed E-state index contributed by atoms with van der Waals surface area (Å²) in [6.45, 7) is 0.897. The third-order valence-corrected chi connectivity index (χ3v) is 5.53. The molecule has 1 saturated heterocycles. The number of esters is 1. The first-order valence-electron chi connectivity index (χ1n) is 9.59. The van der Waals surface area contributed by atoms with Gasteiger partial charge in [0.15, 0.2) is 6.61 Å². The van der Waals surface area contributed by atoms with Gasteiger partial charge in [0.1, 0.15) is 17.8 Å². The number of nitrogens with one attached hydrogen (secondary N) is 2. The van der Waals surface area contributed by atoms with Crippen LogP contribution in [0.4, 0.5) is 10.5 Å². The van der Waals surface area contributed by atoms with Crippen LogP contribution in [0.3, 0.4) is 0 Å². The zero-order valence-corrected chi connectivity index (χ0v) is 16.5. The molecule has 156 valence electrons. The first kappa shape index (κ1) is 20.6. The zero-order chi connectivity index (χ0) is 21.0. The number of carbonyl (C=O) groups is 4. The summed E-state index contributed by atoms with van der Waals surface area (Å²) in [6, 6.07) is 6.07. The summed E-state index contributed by atoms with van der Waals surface area (Å²) in [4.78, 5) is 50.0. The molecule has 1 aromatic carbocycles. The van der Waals surface area contributed by atoms with Crippen molar-refractivity contribution in [3.05, 3.63) is 24.3 Å². The second kappa shape index (κ2) is 8.50. The number of rotatable bonds is 6. The van der Waals surface area contributed by atoms with Crippen molar-refractivity contribution in [2.45, 2.75) is 38.1 Å². The number of benzene rings is 1. The molecule has 1 saturated carbocycles. The summed E-state index contributed by atoms with van der Waals surface area (Å²) in [5.41, 5.74) is -0.407. The van der Waals surface area contributed by atoms with Crippen LogP contribution in [0.5, 0.6) is 5.75 Å². The third kappa shape index (κ3) is 4.33. The molecule has 3 rings (SSSR count). The molecule has 1 aromatic rings. The summed E-state index contributed by atoms with van der Waals surface area (Å²) >= 11 is 0. The number of hydrogen-bond donors (Lipinski definition) is 2. The van der Waals surface area contributed by atoms with E-state index in [2.05, 4.69) is 10.6 Å². The summed E-state index contributed by atoms with van der Waals surface area (Å²) < 4.78 is 9.97. The van der Waals surface area contributed by atoms with Crippen molar-refractivity contribution in [2.75, 3.05) is 25.6 Å². The van der Waals surface area contributed by atoms with E-state index in [1.54, 1.807) is 24.3 Å².